The average Bonchev–Trinajstić information content (AvgIpc) is 2.29. The van der Waals surface area contributed by atoms with Crippen molar-refractivity contribution in [3.8, 4) is 5.75 Å². The largest absolute Gasteiger partial charge is 0.508 e. The van der Waals surface area contributed by atoms with E-state index >= 15 is 0 Å². The third kappa shape index (κ3) is 2.77. The van der Waals surface area contributed by atoms with Gasteiger partial charge in [-0.15, -0.1) is 0 Å². The first kappa shape index (κ1) is 12.4. The van der Waals surface area contributed by atoms with Gasteiger partial charge in [0.05, 0.1) is 0 Å². The first-order valence-electron chi connectivity index (χ1n) is 5.76. The van der Waals surface area contributed by atoms with Crippen LogP contribution < -0.4 is 5.73 Å². The Kier molecular flexibility index (Phi) is 3.46. The minimum atomic E-state index is -0.362. The standard InChI is InChI=1S/C14H14FNO2/c15-11-6-9(2-1-3-14(16)18)13-8-12(17)5-4-10(13)7-11/h4-8,17H,1-3H2,(H2,16,18). The lowest BCUT2D eigenvalue weighted by molar-refractivity contribution is -0.118. The van der Waals surface area contributed by atoms with Crippen LogP contribution >= 0.6 is 0 Å². The van der Waals surface area contributed by atoms with Crippen molar-refractivity contribution in [3.63, 3.8) is 0 Å². The molecule has 2 rings (SSSR count). The second kappa shape index (κ2) is 5.04. The fraction of sp³-hybridized carbons (Fsp3) is 0.214. The highest BCUT2D eigenvalue weighted by molar-refractivity contribution is 5.87. The lowest BCUT2D eigenvalue weighted by Crippen LogP contribution is -2.10. The monoisotopic (exact) mass is 247 g/mol. The van der Waals surface area contributed by atoms with Gasteiger partial charge in [-0.05, 0) is 53.4 Å². The molecule has 2 aromatic carbocycles. The smallest absolute Gasteiger partial charge is 0.217 e. The minimum absolute atomic E-state index is 0.144. The van der Waals surface area contributed by atoms with E-state index in [4.69, 9.17) is 5.73 Å². The molecule has 2 aromatic rings. The quantitative estimate of drug-likeness (QED) is 0.871. The second-order valence-corrected chi connectivity index (χ2v) is 4.29. The topological polar surface area (TPSA) is 63.3 Å². The number of aromatic hydroxyl groups is 1. The number of fused-ring (bicyclic) bond motifs is 1. The molecule has 0 radical (unpaired) electrons. The van der Waals surface area contributed by atoms with Crippen LogP contribution in [0.25, 0.3) is 10.8 Å². The van der Waals surface area contributed by atoms with Crippen molar-refractivity contribution in [1.29, 1.82) is 0 Å². The van der Waals surface area contributed by atoms with Gasteiger partial charge in [-0.3, -0.25) is 4.79 Å². The van der Waals surface area contributed by atoms with E-state index in [0.717, 1.165) is 16.3 Å². The predicted molar refractivity (Wildman–Crippen MR) is 67.7 cm³/mol. The van der Waals surface area contributed by atoms with E-state index in [1.54, 1.807) is 12.1 Å². The van der Waals surface area contributed by atoms with Gasteiger partial charge in [0.1, 0.15) is 11.6 Å². The Bertz CT molecular complexity index is 596. The molecule has 0 unspecified atom stereocenters. The van der Waals surface area contributed by atoms with Gasteiger partial charge in [-0.2, -0.15) is 0 Å². The molecular formula is C14H14FNO2. The zero-order valence-corrected chi connectivity index (χ0v) is 9.82. The van der Waals surface area contributed by atoms with E-state index in [2.05, 4.69) is 0 Å². The Morgan fingerprint density at radius 1 is 1.28 bits per heavy atom. The molecule has 0 aliphatic heterocycles. The number of carbonyl (C=O) groups is 1. The second-order valence-electron chi connectivity index (χ2n) is 4.29. The third-order valence-corrected chi connectivity index (χ3v) is 2.86. The van der Waals surface area contributed by atoms with Gasteiger partial charge in [-0.1, -0.05) is 6.07 Å². The molecule has 0 saturated carbocycles. The summed E-state index contributed by atoms with van der Waals surface area (Å²) < 4.78 is 13.4. The van der Waals surface area contributed by atoms with Gasteiger partial charge in [0.15, 0.2) is 0 Å². The van der Waals surface area contributed by atoms with Crippen molar-refractivity contribution in [2.75, 3.05) is 0 Å². The first-order chi connectivity index (χ1) is 8.56. The van der Waals surface area contributed by atoms with Crippen molar-refractivity contribution < 1.29 is 14.3 Å². The van der Waals surface area contributed by atoms with Gasteiger partial charge < -0.3 is 10.8 Å². The fourth-order valence-corrected chi connectivity index (χ4v) is 2.04. The molecular weight excluding hydrogens is 233 g/mol. The summed E-state index contributed by atoms with van der Waals surface area (Å²) in [5.74, 6) is -0.536. The van der Waals surface area contributed by atoms with Crippen LogP contribution in [0.15, 0.2) is 30.3 Å². The summed E-state index contributed by atoms with van der Waals surface area (Å²) in [5.41, 5.74) is 5.85. The summed E-state index contributed by atoms with van der Waals surface area (Å²) >= 11 is 0. The summed E-state index contributed by atoms with van der Waals surface area (Å²) in [6, 6.07) is 7.66. The number of nitrogens with two attached hydrogens (primary N) is 1. The van der Waals surface area contributed by atoms with Crippen LogP contribution in [0.1, 0.15) is 18.4 Å². The van der Waals surface area contributed by atoms with Crippen LogP contribution in [0.2, 0.25) is 0 Å². The van der Waals surface area contributed by atoms with Crippen molar-refractivity contribution in [2.24, 2.45) is 5.73 Å². The Morgan fingerprint density at radius 3 is 2.78 bits per heavy atom. The summed E-state index contributed by atoms with van der Waals surface area (Å²) in [5, 5.41) is 11.0. The lowest BCUT2D eigenvalue weighted by atomic mass is 9.99. The van der Waals surface area contributed by atoms with E-state index < -0.39 is 0 Å². The predicted octanol–water partition coefficient (Wildman–Crippen LogP) is 2.49. The molecule has 0 spiro atoms. The van der Waals surface area contributed by atoms with Crippen LogP contribution in [-0.4, -0.2) is 11.0 Å². The van der Waals surface area contributed by atoms with Gasteiger partial charge in [0.25, 0.3) is 0 Å². The first-order valence-corrected chi connectivity index (χ1v) is 5.76. The maximum Gasteiger partial charge on any atom is 0.217 e. The molecule has 4 heteroatoms. The third-order valence-electron chi connectivity index (χ3n) is 2.86. The zero-order chi connectivity index (χ0) is 13.1. The number of benzene rings is 2. The summed E-state index contributed by atoms with van der Waals surface area (Å²) in [4.78, 5) is 10.7. The molecule has 3 nitrogen and oxygen atoms in total. The van der Waals surface area contributed by atoms with Crippen molar-refractivity contribution >= 4 is 16.7 Å². The number of phenolic OH excluding ortho intramolecular Hbond substituents is 1. The van der Waals surface area contributed by atoms with Gasteiger partial charge in [-0.25, -0.2) is 4.39 Å². The number of halogens is 1. The molecule has 0 aliphatic rings. The zero-order valence-electron chi connectivity index (χ0n) is 9.82. The van der Waals surface area contributed by atoms with E-state index in [1.807, 2.05) is 0 Å². The van der Waals surface area contributed by atoms with Crippen molar-refractivity contribution in [1.82, 2.24) is 0 Å². The number of amides is 1. The summed E-state index contributed by atoms with van der Waals surface area (Å²) in [7, 11) is 0. The Labute approximate surface area is 104 Å². The molecule has 3 N–H and O–H groups in total. The number of primary amides is 1. The van der Waals surface area contributed by atoms with Gasteiger partial charge in [0, 0.05) is 6.42 Å². The Morgan fingerprint density at radius 2 is 2.06 bits per heavy atom. The van der Waals surface area contributed by atoms with Crippen LogP contribution in [0.4, 0.5) is 4.39 Å². The van der Waals surface area contributed by atoms with Gasteiger partial charge in [0.2, 0.25) is 5.91 Å². The Hall–Kier alpha value is -2.10. The van der Waals surface area contributed by atoms with Crippen LogP contribution in [0.3, 0.4) is 0 Å². The van der Waals surface area contributed by atoms with E-state index in [-0.39, 0.29) is 23.9 Å². The number of carbonyl (C=O) groups excluding carboxylic acids is 1. The number of rotatable bonds is 4. The fourth-order valence-electron chi connectivity index (χ4n) is 2.04. The molecule has 0 bridgehead atoms. The SMILES string of the molecule is NC(=O)CCCc1cc(F)cc2ccc(O)cc12. The van der Waals surface area contributed by atoms with Crippen LogP contribution in [0, 0.1) is 5.82 Å². The average molecular weight is 247 g/mol. The maximum atomic E-state index is 13.4. The molecule has 0 fully saturated rings. The highest BCUT2D eigenvalue weighted by atomic mass is 19.1. The number of hydrogen-bond acceptors (Lipinski definition) is 2. The highest BCUT2D eigenvalue weighted by Crippen LogP contribution is 2.25. The van der Waals surface area contributed by atoms with Crippen molar-refractivity contribution in [2.45, 2.75) is 19.3 Å². The Balaban J connectivity index is 2.35. The van der Waals surface area contributed by atoms with Crippen LogP contribution in [0.5, 0.6) is 5.75 Å². The molecule has 0 aromatic heterocycles. The molecule has 0 atom stereocenters. The number of phenols is 1. The lowest BCUT2D eigenvalue weighted by Gasteiger charge is -2.07. The maximum absolute atomic E-state index is 13.4. The number of hydrogen-bond donors (Lipinski definition) is 2. The molecule has 0 heterocycles. The normalized spacial score (nSPS) is 10.7. The minimum Gasteiger partial charge on any atom is -0.508 e. The van der Waals surface area contributed by atoms with Crippen molar-refractivity contribution in [3.05, 3.63) is 41.7 Å². The van der Waals surface area contributed by atoms with E-state index in [0.29, 0.717) is 12.8 Å². The molecule has 0 aliphatic carbocycles. The van der Waals surface area contributed by atoms with Gasteiger partial charge >= 0.3 is 0 Å². The van der Waals surface area contributed by atoms with Crippen LogP contribution in [-0.2, 0) is 11.2 Å². The molecule has 1 amide bonds. The number of aryl methyl sites for hydroxylation is 1. The van der Waals surface area contributed by atoms with E-state index in [9.17, 15) is 14.3 Å². The van der Waals surface area contributed by atoms with E-state index in [1.165, 1.54) is 18.2 Å². The molecule has 18 heavy (non-hydrogen) atoms. The summed E-state index contributed by atoms with van der Waals surface area (Å²) in [6.45, 7) is 0. The molecule has 94 valence electrons. The molecule has 0 saturated heterocycles. The summed E-state index contributed by atoms with van der Waals surface area (Å²) in [6.07, 6.45) is 1.40. The highest BCUT2D eigenvalue weighted by Gasteiger charge is 2.06.